The molecule has 1 aliphatic heterocycles. The summed E-state index contributed by atoms with van der Waals surface area (Å²) in [6.45, 7) is 4.89. The number of hydrogen-bond donors (Lipinski definition) is 0. The molecule has 0 fully saturated rings. The van der Waals surface area contributed by atoms with Gasteiger partial charge in [-0.25, -0.2) is 9.50 Å². The lowest BCUT2D eigenvalue weighted by Crippen LogP contribution is -2.36. The number of carbonyl (C=O) groups excluding carboxylic acids is 1. The molecule has 0 spiro atoms. The molecule has 4 rings (SSSR count). The van der Waals surface area contributed by atoms with Crippen molar-refractivity contribution in [2.45, 2.75) is 26.8 Å². The Morgan fingerprint density at radius 2 is 1.74 bits per heavy atom. The first-order chi connectivity index (χ1) is 13.0. The van der Waals surface area contributed by atoms with E-state index in [2.05, 4.69) is 15.1 Å². The Morgan fingerprint density at radius 1 is 1.04 bits per heavy atom. The molecule has 0 N–H and O–H groups in total. The maximum absolute atomic E-state index is 13.0. The molecule has 0 unspecified atom stereocenters. The van der Waals surface area contributed by atoms with Gasteiger partial charge in [-0.2, -0.15) is 4.98 Å². The highest BCUT2D eigenvalue weighted by molar-refractivity contribution is 5.91. The van der Waals surface area contributed by atoms with Crippen LogP contribution in [0.5, 0.6) is 11.5 Å². The van der Waals surface area contributed by atoms with Gasteiger partial charge in [0.25, 0.3) is 11.7 Å². The summed E-state index contributed by atoms with van der Waals surface area (Å²) in [6.07, 6.45) is 0.741. The predicted molar refractivity (Wildman–Crippen MR) is 98.2 cm³/mol. The summed E-state index contributed by atoms with van der Waals surface area (Å²) in [5, 5.41) is 4.35. The van der Waals surface area contributed by atoms with Crippen LogP contribution in [0.4, 0.5) is 0 Å². The molecule has 140 valence electrons. The lowest BCUT2D eigenvalue weighted by Gasteiger charge is -2.28. The Morgan fingerprint density at radius 3 is 2.44 bits per heavy atom. The second-order valence-corrected chi connectivity index (χ2v) is 6.64. The number of aromatic nitrogens is 4. The van der Waals surface area contributed by atoms with Crippen LogP contribution < -0.4 is 9.47 Å². The van der Waals surface area contributed by atoms with Crippen LogP contribution in [0.15, 0.2) is 18.2 Å². The van der Waals surface area contributed by atoms with Gasteiger partial charge >= 0.3 is 0 Å². The standard InChI is InChI=1S/C19H21N5O3/c1-11-7-12(2)24-19(20-11)21-17(22-24)18(25)23-6-5-13-8-15(26-3)16(27-4)9-14(13)10-23/h7-9H,5-6,10H2,1-4H3. The van der Waals surface area contributed by atoms with Crippen LogP contribution >= 0.6 is 0 Å². The number of benzene rings is 1. The van der Waals surface area contributed by atoms with Crippen molar-refractivity contribution in [2.75, 3.05) is 20.8 Å². The fraction of sp³-hybridized carbons (Fsp3) is 0.368. The van der Waals surface area contributed by atoms with Crippen molar-refractivity contribution in [1.29, 1.82) is 0 Å². The number of hydrogen-bond acceptors (Lipinski definition) is 6. The molecule has 1 aromatic carbocycles. The van der Waals surface area contributed by atoms with Crippen molar-refractivity contribution in [3.05, 3.63) is 46.5 Å². The molecule has 0 bridgehead atoms. The molecule has 0 saturated heterocycles. The minimum absolute atomic E-state index is 0.167. The highest BCUT2D eigenvalue weighted by Gasteiger charge is 2.26. The predicted octanol–water partition coefficient (Wildman–Crippen LogP) is 1.96. The Kier molecular flexibility index (Phi) is 4.18. The van der Waals surface area contributed by atoms with Gasteiger partial charge in [-0.1, -0.05) is 0 Å². The van der Waals surface area contributed by atoms with E-state index in [0.29, 0.717) is 30.4 Å². The fourth-order valence-electron chi connectivity index (χ4n) is 3.45. The zero-order chi connectivity index (χ0) is 19.1. The smallest absolute Gasteiger partial charge is 0.293 e. The number of aryl methyl sites for hydroxylation is 2. The molecule has 1 amide bonds. The molecule has 0 saturated carbocycles. The van der Waals surface area contributed by atoms with Crippen molar-refractivity contribution >= 4 is 11.7 Å². The molecule has 1 aliphatic rings. The van der Waals surface area contributed by atoms with Crippen molar-refractivity contribution in [2.24, 2.45) is 0 Å². The summed E-state index contributed by atoms with van der Waals surface area (Å²) >= 11 is 0. The average molecular weight is 367 g/mol. The first-order valence-electron chi connectivity index (χ1n) is 8.74. The number of carbonyl (C=O) groups is 1. The van der Waals surface area contributed by atoms with Crippen LogP contribution in [0.1, 0.15) is 33.1 Å². The Hall–Kier alpha value is -3.16. The normalized spacial score (nSPS) is 13.6. The SMILES string of the molecule is COc1cc2c(cc1OC)CN(C(=O)c1nc3nc(C)cc(C)n3n1)CC2. The van der Waals surface area contributed by atoms with Gasteiger partial charge in [0.1, 0.15) is 0 Å². The number of rotatable bonds is 3. The first-order valence-corrected chi connectivity index (χ1v) is 8.74. The van der Waals surface area contributed by atoms with Gasteiger partial charge in [-0.3, -0.25) is 4.79 Å². The maximum Gasteiger partial charge on any atom is 0.293 e. The van der Waals surface area contributed by atoms with Crippen molar-refractivity contribution in [3.63, 3.8) is 0 Å². The highest BCUT2D eigenvalue weighted by atomic mass is 16.5. The van der Waals surface area contributed by atoms with Crippen LogP contribution in [0.25, 0.3) is 5.78 Å². The van der Waals surface area contributed by atoms with Crippen LogP contribution in [0, 0.1) is 13.8 Å². The second-order valence-electron chi connectivity index (χ2n) is 6.64. The monoisotopic (exact) mass is 367 g/mol. The molecule has 3 heterocycles. The molecule has 8 nitrogen and oxygen atoms in total. The summed E-state index contributed by atoms with van der Waals surface area (Å²) in [7, 11) is 3.23. The van der Waals surface area contributed by atoms with Crippen molar-refractivity contribution in [1.82, 2.24) is 24.5 Å². The largest absolute Gasteiger partial charge is 0.493 e. The quantitative estimate of drug-likeness (QED) is 0.704. The minimum Gasteiger partial charge on any atom is -0.493 e. The molecular formula is C19H21N5O3. The Balaban J connectivity index is 1.64. The molecule has 27 heavy (non-hydrogen) atoms. The van der Waals surface area contributed by atoms with E-state index in [9.17, 15) is 4.79 Å². The summed E-state index contributed by atoms with van der Waals surface area (Å²) in [5.74, 6) is 1.78. The number of fused-ring (bicyclic) bond motifs is 2. The molecular weight excluding hydrogens is 346 g/mol. The van der Waals surface area contributed by atoms with Crippen LogP contribution in [-0.4, -0.2) is 51.2 Å². The van der Waals surface area contributed by atoms with Gasteiger partial charge < -0.3 is 14.4 Å². The van der Waals surface area contributed by atoms with Gasteiger partial charge in [-0.15, -0.1) is 5.10 Å². The van der Waals surface area contributed by atoms with Gasteiger partial charge in [0.15, 0.2) is 11.5 Å². The molecule has 0 aliphatic carbocycles. The van der Waals surface area contributed by atoms with Gasteiger partial charge in [0.2, 0.25) is 5.82 Å². The Labute approximate surface area is 156 Å². The average Bonchev–Trinajstić information content (AvgIpc) is 3.10. The van der Waals surface area contributed by atoms with E-state index in [-0.39, 0.29) is 11.7 Å². The molecule has 8 heteroatoms. The summed E-state index contributed by atoms with van der Waals surface area (Å²) in [4.78, 5) is 23.4. The highest BCUT2D eigenvalue weighted by Crippen LogP contribution is 2.33. The molecule has 0 radical (unpaired) electrons. The first kappa shape index (κ1) is 17.3. The van der Waals surface area contributed by atoms with Gasteiger partial charge in [-0.05, 0) is 49.6 Å². The molecule has 3 aromatic rings. The maximum atomic E-state index is 13.0. The minimum atomic E-state index is -0.196. The number of amides is 1. The molecule has 0 atom stereocenters. The van der Waals surface area contributed by atoms with E-state index in [1.54, 1.807) is 23.6 Å². The third kappa shape index (κ3) is 2.97. The van der Waals surface area contributed by atoms with Crippen LogP contribution in [-0.2, 0) is 13.0 Å². The van der Waals surface area contributed by atoms with Gasteiger partial charge in [0.05, 0.1) is 14.2 Å². The number of ether oxygens (including phenoxy) is 2. The van der Waals surface area contributed by atoms with E-state index in [1.165, 1.54) is 0 Å². The topological polar surface area (TPSA) is 81.9 Å². The number of nitrogens with zero attached hydrogens (tertiary/aromatic N) is 5. The van der Waals surface area contributed by atoms with Crippen molar-refractivity contribution in [3.8, 4) is 11.5 Å². The lowest BCUT2D eigenvalue weighted by molar-refractivity contribution is 0.0722. The third-order valence-electron chi connectivity index (χ3n) is 4.81. The zero-order valence-electron chi connectivity index (χ0n) is 15.8. The van der Waals surface area contributed by atoms with Crippen LogP contribution in [0.3, 0.4) is 0 Å². The van der Waals surface area contributed by atoms with Crippen molar-refractivity contribution < 1.29 is 14.3 Å². The van der Waals surface area contributed by atoms with E-state index < -0.39 is 0 Å². The van der Waals surface area contributed by atoms with E-state index >= 15 is 0 Å². The summed E-state index contributed by atoms with van der Waals surface area (Å²) in [6, 6.07) is 5.82. The van der Waals surface area contributed by atoms with E-state index in [4.69, 9.17) is 9.47 Å². The Bertz CT molecular complexity index is 1040. The zero-order valence-corrected chi connectivity index (χ0v) is 15.8. The fourth-order valence-corrected chi connectivity index (χ4v) is 3.45. The molecule has 2 aromatic heterocycles. The lowest BCUT2D eigenvalue weighted by atomic mass is 9.98. The van der Waals surface area contributed by atoms with Crippen LogP contribution in [0.2, 0.25) is 0 Å². The summed E-state index contributed by atoms with van der Waals surface area (Å²) in [5.41, 5.74) is 3.94. The van der Waals surface area contributed by atoms with E-state index in [1.807, 2.05) is 32.0 Å². The number of methoxy groups -OCH3 is 2. The second kappa shape index (κ2) is 6.53. The van der Waals surface area contributed by atoms with Gasteiger partial charge in [0, 0.05) is 24.5 Å². The third-order valence-corrected chi connectivity index (χ3v) is 4.81. The van der Waals surface area contributed by atoms with E-state index in [0.717, 1.165) is 28.9 Å². The summed E-state index contributed by atoms with van der Waals surface area (Å²) < 4.78 is 12.4.